The number of halogens is 1. The van der Waals surface area contributed by atoms with E-state index in [0.717, 1.165) is 18.4 Å². The van der Waals surface area contributed by atoms with Gasteiger partial charge in [-0.3, -0.25) is 4.79 Å². The van der Waals surface area contributed by atoms with Crippen LogP contribution in [0.4, 0.5) is 0 Å². The Hall–Kier alpha value is -0.670. The van der Waals surface area contributed by atoms with E-state index in [1.54, 1.807) is 24.3 Å². The minimum absolute atomic E-state index is 0.0943. The molecule has 0 aromatic heterocycles. The summed E-state index contributed by atoms with van der Waals surface area (Å²) in [5.41, 5.74) is 0.992. The molecule has 0 radical (unpaired) electrons. The molecule has 5 nitrogen and oxygen atoms in total. The zero-order valence-electron chi connectivity index (χ0n) is 13.5. The minimum Gasteiger partial charge on any atom is -0.468 e. The van der Waals surface area contributed by atoms with Gasteiger partial charge in [0.1, 0.15) is 6.04 Å². The number of carbonyl (C=O) groups is 1. The molecule has 0 amide bonds. The van der Waals surface area contributed by atoms with Gasteiger partial charge in [-0.2, -0.15) is 4.31 Å². The van der Waals surface area contributed by atoms with Crippen LogP contribution >= 0.6 is 22.6 Å². The Labute approximate surface area is 151 Å². The molecule has 1 heterocycles. The normalized spacial score (nSPS) is 25.5. The molecule has 1 aliphatic heterocycles. The van der Waals surface area contributed by atoms with Gasteiger partial charge in [-0.1, -0.05) is 53.6 Å². The van der Waals surface area contributed by atoms with Gasteiger partial charge in [-0.15, -0.1) is 0 Å². The summed E-state index contributed by atoms with van der Waals surface area (Å²) >= 11 is 2.25. The number of nitrogens with zero attached hydrogens (tertiary/aromatic N) is 1. The first kappa shape index (κ1) is 18.7. The van der Waals surface area contributed by atoms with Gasteiger partial charge in [0.15, 0.2) is 0 Å². The van der Waals surface area contributed by atoms with Crippen molar-refractivity contribution in [3.63, 3.8) is 0 Å². The highest BCUT2D eigenvalue weighted by molar-refractivity contribution is 14.1. The second kappa shape index (κ2) is 7.48. The molecule has 3 atom stereocenters. The Morgan fingerprint density at radius 3 is 2.48 bits per heavy atom. The Morgan fingerprint density at radius 2 is 1.96 bits per heavy atom. The van der Waals surface area contributed by atoms with Gasteiger partial charge in [0.05, 0.1) is 12.0 Å². The largest absolute Gasteiger partial charge is 0.468 e. The van der Waals surface area contributed by atoms with Crippen molar-refractivity contribution in [2.45, 2.75) is 54.0 Å². The van der Waals surface area contributed by atoms with Gasteiger partial charge in [-0.25, -0.2) is 8.42 Å². The monoisotopic (exact) mass is 451 g/mol. The highest BCUT2D eigenvalue weighted by Gasteiger charge is 2.49. The minimum atomic E-state index is -3.74. The quantitative estimate of drug-likeness (QED) is 0.393. The van der Waals surface area contributed by atoms with E-state index in [0.29, 0.717) is 6.42 Å². The van der Waals surface area contributed by atoms with E-state index >= 15 is 0 Å². The Kier molecular flexibility index (Phi) is 6.07. The first-order valence-electron chi connectivity index (χ1n) is 7.65. The summed E-state index contributed by atoms with van der Waals surface area (Å²) in [6, 6.07) is 5.81. The lowest BCUT2D eigenvalue weighted by Gasteiger charge is -2.28. The first-order valence-corrected chi connectivity index (χ1v) is 10.3. The summed E-state index contributed by atoms with van der Waals surface area (Å²) < 4.78 is 32.6. The molecule has 1 saturated heterocycles. The van der Waals surface area contributed by atoms with Crippen molar-refractivity contribution in [3.8, 4) is 0 Å². The van der Waals surface area contributed by atoms with E-state index in [-0.39, 0.29) is 14.9 Å². The van der Waals surface area contributed by atoms with E-state index in [1.165, 1.54) is 11.4 Å². The van der Waals surface area contributed by atoms with Crippen LogP contribution in [0.3, 0.4) is 0 Å². The van der Waals surface area contributed by atoms with Gasteiger partial charge in [0.2, 0.25) is 10.0 Å². The molecule has 0 aliphatic carbocycles. The van der Waals surface area contributed by atoms with Gasteiger partial charge in [0, 0.05) is 9.97 Å². The van der Waals surface area contributed by atoms with Crippen LogP contribution in [0.5, 0.6) is 0 Å². The Bertz CT molecular complexity index is 659. The molecule has 1 fully saturated rings. The topological polar surface area (TPSA) is 63.7 Å². The van der Waals surface area contributed by atoms with Gasteiger partial charge in [-0.05, 0) is 31.9 Å². The zero-order chi connectivity index (χ0) is 17.2. The molecule has 7 heteroatoms. The second-order valence-corrected chi connectivity index (χ2v) is 9.24. The van der Waals surface area contributed by atoms with Crippen LogP contribution in [0, 0.1) is 6.92 Å². The number of carbonyl (C=O) groups excluding carboxylic acids is 1. The first-order chi connectivity index (χ1) is 10.8. The number of alkyl halides is 1. The number of esters is 1. The molecular formula is C16H22INO4S. The lowest BCUT2D eigenvalue weighted by Crippen LogP contribution is -2.46. The van der Waals surface area contributed by atoms with Crippen LogP contribution in [0.2, 0.25) is 0 Å². The van der Waals surface area contributed by atoms with Crippen LogP contribution in [0.1, 0.15) is 31.7 Å². The molecule has 1 aromatic rings. The maximum atomic E-state index is 13.1. The van der Waals surface area contributed by atoms with Crippen molar-refractivity contribution in [3.05, 3.63) is 29.8 Å². The third-order valence-corrected chi connectivity index (χ3v) is 7.44. The van der Waals surface area contributed by atoms with Crippen molar-refractivity contribution in [1.29, 1.82) is 0 Å². The van der Waals surface area contributed by atoms with E-state index in [9.17, 15) is 13.2 Å². The van der Waals surface area contributed by atoms with E-state index in [1.807, 2.05) is 13.8 Å². The molecular weight excluding hydrogens is 429 g/mol. The molecule has 0 unspecified atom stereocenters. The molecule has 0 N–H and O–H groups in total. The molecule has 1 aliphatic rings. The fourth-order valence-corrected chi connectivity index (χ4v) is 6.23. The Balaban J connectivity index is 2.47. The number of benzene rings is 1. The van der Waals surface area contributed by atoms with Crippen molar-refractivity contribution in [2.24, 2.45) is 0 Å². The summed E-state index contributed by atoms with van der Waals surface area (Å²) in [5, 5.41) is 0. The van der Waals surface area contributed by atoms with Crippen molar-refractivity contribution >= 4 is 38.6 Å². The number of sulfonamides is 1. The Morgan fingerprint density at radius 1 is 1.35 bits per heavy atom. The fourth-order valence-electron chi connectivity index (χ4n) is 2.98. The number of hydrogen-bond donors (Lipinski definition) is 0. The predicted octanol–water partition coefficient (Wildman–Crippen LogP) is 2.90. The molecule has 0 saturated carbocycles. The average Bonchev–Trinajstić information content (AvgIpc) is 2.85. The molecule has 23 heavy (non-hydrogen) atoms. The summed E-state index contributed by atoms with van der Waals surface area (Å²) in [7, 11) is -2.44. The summed E-state index contributed by atoms with van der Waals surface area (Å²) in [6.07, 6.45) is 2.08. The van der Waals surface area contributed by atoms with Crippen LogP contribution in [0.15, 0.2) is 29.2 Å². The van der Waals surface area contributed by atoms with E-state index in [4.69, 9.17) is 4.74 Å². The SMILES string of the molecule is CCC[C@@H]1[C@@H](I)C[C@@H](C(=O)OC)N1S(=O)(=O)c1ccc(C)cc1. The maximum Gasteiger partial charge on any atom is 0.324 e. The van der Waals surface area contributed by atoms with Crippen LogP contribution in [-0.4, -0.2) is 41.8 Å². The van der Waals surface area contributed by atoms with Gasteiger partial charge >= 0.3 is 5.97 Å². The molecule has 1 aromatic carbocycles. The van der Waals surface area contributed by atoms with Crippen LogP contribution < -0.4 is 0 Å². The standard InChI is InChI=1S/C16H22INO4S/c1-4-5-14-13(17)10-15(16(19)22-3)18(14)23(20,21)12-8-6-11(2)7-9-12/h6-9,13-15H,4-5,10H2,1-3H3/t13-,14+,15-/m0/s1. The zero-order valence-corrected chi connectivity index (χ0v) is 16.5. The van der Waals surface area contributed by atoms with Gasteiger partial charge in [0.25, 0.3) is 0 Å². The van der Waals surface area contributed by atoms with Crippen molar-refractivity contribution in [2.75, 3.05) is 7.11 Å². The highest BCUT2D eigenvalue weighted by Crippen LogP contribution is 2.38. The number of hydrogen-bond acceptors (Lipinski definition) is 4. The number of aryl methyl sites for hydroxylation is 1. The number of methoxy groups -OCH3 is 1. The molecule has 2 rings (SSSR count). The molecule has 0 spiro atoms. The van der Waals surface area contributed by atoms with Crippen molar-refractivity contribution < 1.29 is 17.9 Å². The lowest BCUT2D eigenvalue weighted by molar-refractivity contribution is -0.144. The average molecular weight is 451 g/mol. The van der Waals surface area contributed by atoms with Crippen LogP contribution in [0.25, 0.3) is 0 Å². The highest BCUT2D eigenvalue weighted by atomic mass is 127. The second-order valence-electron chi connectivity index (χ2n) is 5.79. The maximum absolute atomic E-state index is 13.1. The van der Waals surface area contributed by atoms with Crippen molar-refractivity contribution in [1.82, 2.24) is 4.31 Å². The molecule has 128 valence electrons. The lowest BCUT2D eigenvalue weighted by atomic mass is 10.1. The van der Waals surface area contributed by atoms with E-state index < -0.39 is 22.0 Å². The number of rotatable bonds is 5. The smallest absolute Gasteiger partial charge is 0.324 e. The fraction of sp³-hybridized carbons (Fsp3) is 0.562. The summed E-state index contributed by atoms with van der Waals surface area (Å²) in [4.78, 5) is 12.3. The van der Waals surface area contributed by atoms with Gasteiger partial charge < -0.3 is 4.74 Å². The van der Waals surface area contributed by atoms with Crippen LogP contribution in [-0.2, 0) is 19.6 Å². The third kappa shape index (κ3) is 3.71. The summed E-state index contributed by atoms with van der Waals surface area (Å²) in [5.74, 6) is -0.485. The van der Waals surface area contributed by atoms with E-state index in [2.05, 4.69) is 22.6 Å². The predicted molar refractivity (Wildman–Crippen MR) is 97.1 cm³/mol. The third-order valence-electron chi connectivity index (χ3n) is 4.15. The summed E-state index contributed by atoms with van der Waals surface area (Å²) in [6.45, 7) is 3.93. The molecule has 0 bridgehead atoms. The number of ether oxygens (including phenoxy) is 1.